The van der Waals surface area contributed by atoms with Crippen molar-refractivity contribution in [2.45, 2.75) is 12.5 Å². The lowest BCUT2D eigenvalue weighted by molar-refractivity contribution is -0.137. The minimum Gasteiger partial charge on any atom is -0.481 e. The number of halogens is 1. The predicted molar refractivity (Wildman–Crippen MR) is 72.9 cm³/mol. The van der Waals surface area contributed by atoms with Crippen LogP contribution < -0.4 is 5.73 Å². The second-order valence-electron chi connectivity index (χ2n) is 4.26. The summed E-state index contributed by atoms with van der Waals surface area (Å²) in [5.41, 5.74) is 7.90. The molecule has 0 aliphatic carbocycles. The van der Waals surface area contributed by atoms with Crippen molar-refractivity contribution in [3.8, 4) is 0 Å². The van der Waals surface area contributed by atoms with Crippen LogP contribution in [0.2, 0.25) is 0 Å². The van der Waals surface area contributed by atoms with Crippen molar-refractivity contribution < 1.29 is 18.7 Å². The van der Waals surface area contributed by atoms with Crippen molar-refractivity contribution in [2.75, 3.05) is 0 Å². The summed E-state index contributed by atoms with van der Waals surface area (Å²) >= 11 is 3.46. The first-order valence-electron chi connectivity index (χ1n) is 5.62. The van der Waals surface area contributed by atoms with Crippen molar-refractivity contribution >= 4 is 43.8 Å². The number of hydrogen-bond acceptors (Lipinski definition) is 4. The highest BCUT2D eigenvalue weighted by Gasteiger charge is 2.23. The van der Waals surface area contributed by atoms with Crippen molar-refractivity contribution in [1.29, 1.82) is 0 Å². The van der Waals surface area contributed by atoms with Gasteiger partial charge in [0.2, 0.25) is 0 Å². The Kier molecular flexibility index (Phi) is 2.83. The van der Waals surface area contributed by atoms with Gasteiger partial charge in [-0.3, -0.25) is 4.79 Å². The molecule has 0 spiro atoms. The first-order valence-corrected chi connectivity index (χ1v) is 6.42. The molecule has 3 rings (SSSR count). The fraction of sp³-hybridized carbons (Fsp3) is 0.154. The lowest BCUT2D eigenvalue weighted by Gasteiger charge is -2.12. The van der Waals surface area contributed by atoms with Crippen LogP contribution in [0.25, 0.3) is 21.9 Å². The SMILES string of the molecule is NC(CC(=O)O)c1c2ccoc2c(Br)c2ccoc12. The van der Waals surface area contributed by atoms with Gasteiger partial charge in [0.1, 0.15) is 11.2 Å². The minimum atomic E-state index is -0.952. The van der Waals surface area contributed by atoms with Crippen LogP contribution in [0.5, 0.6) is 0 Å². The van der Waals surface area contributed by atoms with E-state index < -0.39 is 12.0 Å². The Bertz CT molecular complexity index is 722. The summed E-state index contributed by atoms with van der Waals surface area (Å²) < 4.78 is 11.7. The van der Waals surface area contributed by atoms with Crippen LogP contribution in [0.1, 0.15) is 18.0 Å². The van der Waals surface area contributed by atoms with E-state index in [0.29, 0.717) is 16.7 Å². The van der Waals surface area contributed by atoms with Gasteiger partial charge in [-0.1, -0.05) is 0 Å². The average molecular weight is 324 g/mol. The molecule has 0 amide bonds. The smallest absolute Gasteiger partial charge is 0.305 e. The van der Waals surface area contributed by atoms with E-state index in [1.54, 1.807) is 24.7 Å². The standard InChI is InChI=1S/C13H10BrNO4/c14-11-7-2-4-18-12(7)10(8(15)5-9(16)17)6-1-3-19-13(6)11/h1-4,8H,5,15H2,(H,16,17). The molecule has 0 fully saturated rings. The number of carboxylic acids is 1. The largest absolute Gasteiger partial charge is 0.481 e. The zero-order chi connectivity index (χ0) is 13.6. The summed E-state index contributed by atoms with van der Waals surface area (Å²) in [5, 5.41) is 10.5. The van der Waals surface area contributed by atoms with Crippen molar-refractivity contribution in [3.05, 3.63) is 34.7 Å². The van der Waals surface area contributed by atoms with Crippen molar-refractivity contribution in [2.24, 2.45) is 5.73 Å². The molecule has 6 heteroatoms. The third-order valence-corrected chi connectivity index (χ3v) is 3.85. The van der Waals surface area contributed by atoms with Crippen LogP contribution >= 0.6 is 15.9 Å². The van der Waals surface area contributed by atoms with Crippen LogP contribution in [0.4, 0.5) is 0 Å². The summed E-state index contributed by atoms with van der Waals surface area (Å²) in [6, 6.07) is 2.90. The predicted octanol–water partition coefficient (Wildman–Crippen LogP) is 3.42. The molecule has 0 aliphatic heterocycles. The van der Waals surface area contributed by atoms with Gasteiger partial charge in [-0.2, -0.15) is 0 Å². The van der Waals surface area contributed by atoms with Gasteiger partial charge >= 0.3 is 5.97 Å². The monoisotopic (exact) mass is 323 g/mol. The molecule has 3 N–H and O–H groups in total. The maximum Gasteiger partial charge on any atom is 0.305 e. The zero-order valence-electron chi connectivity index (χ0n) is 9.72. The molecule has 1 unspecified atom stereocenters. The van der Waals surface area contributed by atoms with E-state index in [0.717, 1.165) is 15.2 Å². The number of fused-ring (bicyclic) bond motifs is 2. The number of benzene rings is 1. The summed E-state index contributed by atoms with van der Waals surface area (Å²) in [7, 11) is 0. The third-order valence-electron chi connectivity index (χ3n) is 3.07. The summed E-state index contributed by atoms with van der Waals surface area (Å²) in [5.74, 6) is -0.952. The van der Waals surface area contributed by atoms with Crippen LogP contribution in [0.3, 0.4) is 0 Å². The summed E-state index contributed by atoms with van der Waals surface area (Å²) in [6.45, 7) is 0. The second-order valence-corrected chi connectivity index (χ2v) is 5.05. The highest BCUT2D eigenvalue weighted by atomic mass is 79.9. The summed E-state index contributed by atoms with van der Waals surface area (Å²) in [4.78, 5) is 10.9. The Morgan fingerprint density at radius 2 is 1.89 bits per heavy atom. The molecule has 0 radical (unpaired) electrons. The fourth-order valence-electron chi connectivity index (χ4n) is 2.28. The van der Waals surface area contributed by atoms with Crippen LogP contribution in [-0.2, 0) is 4.79 Å². The molecule has 1 aromatic carbocycles. The van der Waals surface area contributed by atoms with Gasteiger partial charge in [0.15, 0.2) is 0 Å². The molecule has 98 valence electrons. The molecule has 0 bridgehead atoms. The topological polar surface area (TPSA) is 89.6 Å². The van der Waals surface area contributed by atoms with Gasteiger partial charge < -0.3 is 19.7 Å². The lowest BCUT2D eigenvalue weighted by Crippen LogP contribution is -2.15. The van der Waals surface area contributed by atoms with E-state index in [1.165, 1.54) is 0 Å². The summed E-state index contributed by atoms with van der Waals surface area (Å²) in [6.07, 6.45) is 2.92. The lowest BCUT2D eigenvalue weighted by atomic mass is 9.98. The van der Waals surface area contributed by atoms with Crippen LogP contribution in [0, 0.1) is 0 Å². The van der Waals surface area contributed by atoms with Crippen LogP contribution in [-0.4, -0.2) is 11.1 Å². The molecule has 5 nitrogen and oxygen atoms in total. The molecular formula is C13H10BrNO4. The first-order chi connectivity index (χ1) is 9.09. The molecule has 19 heavy (non-hydrogen) atoms. The number of furan rings is 2. The fourth-order valence-corrected chi connectivity index (χ4v) is 2.90. The molecule has 0 saturated carbocycles. The van der Waals surface area contributed by atoms with E-state index in [-0.39, 0.29) is 6.42 Å². The van der Waals surface area contributed by atoms with E-state index in [4.69, 9.17) is 19.7 Å². The molecule has 3 aromatic rings. The molecular weight excluding hydrogens is 314 g/mol. The number of aliphatic carboxylic acids is 1. The molecule has 0 saturated heterocycles. The van der Waals surface area contributed by atoms with E-state index in [1.807, 2.05) is 0 Å². The molecule has 0 aliphatic rings. The van der Waals surface area contributed by atoms with Crippen molar-refractivity contribution in [1.82, 2.24) is 0 Å². The quantitative estimate of drug-likeness (QED) is 0.770. The van der Waals surface area contributed by atoms with Gasteiger partial charge in [0, 0.05) is 22.4 Å². The van der Waals surface area contributed by atoms with Gasteiger partial charge in [0.05, 0.1) is 23.4 Å². The molecule has 2 aromatic heterocycles. The average Bonchev–Trinajstić information content (AvgIpc) is 2.96. The Morgan fingerprint density at radius 1 is 1.26 bits per heavy atom. The highest BCUT2D eigenvalue weighted by molar-refractivity contribution is 9.10. The Hall–Kier alpha value is -1.79. The number of carbonyl (C=O) groups is 1. The van der Waals surface area contributed by atoms with Crippen molar-refractivity contribution in [3.63, 3.8) is 0 Å². The maximum absolute atomic E-state index is 10.9. The zero-order valence-corrected chi connectivity index (χ0v) is 11.3. The van der Waals surface area contributed by atoms with Gasteiger partial charge in [0.25, 0.3) is 0 Å². The van der Waals surface area contributed by atoms with E-state index in [9.17, 15) is 4.79 Å². The van der Waals surface area contributed by atoms with Gasteiger partial charge in [-0.15, -0.1) is 0 Å². The van der Waals surface area contributed by atoms with E-state index in [2.05, 4.69) is 15.9 Å². The Labute approximate surface area is 116 Å². The number of rotatable bonds is 3. The van der Waals surface area contributed by atoms with E-state index >= 15 is 0 Å². The Balaban J connectivity index is 2.35. The number of carboxylic acid groups (broad SMARTS) is 1. The van der Waals surface area contributed by atoms with Gasteiger partial charge in [-0.05, 0) is 28.1 Å². The van der Waals surface area contributed by atoms with Gasteiger partial charge in [-0.25, -0.2) is 0 Å². The highest BCUT2D eigenvalue weighted by Crippen LogP contribution is 2.40. The maximum atomic E-state index is 10.9. The van der Waals surface area contributed by atoms with Crippen LogP contribution in [0.15, 0.2) is 38.0 Å². The normalized spacial score (nSPS) is 13.2. The number of hydrogen-bond donors (Lipinski definition) is 2. The second kappa shape index (κ2) is 4.40. The molecule has 1 atom stereocenters. The third kappa shape index (κ3) is 1.84. The number of nitrogens with two attached hydrogens (primary N) is 1. The minimum absolute atomic E-state index is 0.169. The Morgan fingerprint density at radius 3 is 2.58 bits per heavy atom. The first kappa shape index (κ1) is 12.3. The molecule has 2 heterocycles.